The van der Waals surface area contributed by atoms with E-state index in [-0.39, 0.29) is 13.3 Å². The first-order valence-electron chi connectivity index (χ1n) is 16.1. The van der Waals surface area contributed by atoms with Crippen LogP contribution in [0.5, 0.6) is 0 Å². The van der Waals surface area contributed by atoms with E-state index in [1.807, 2.05) is 13.8 Å². The van der Waals surface area contributed by atoms with Gasteiger partial charge in [0.1, 0.15) is 0 Å². The monoisotopic (exact) mass is 506 g/mol. The zero-order valence-corrected chi connectivity index (χ0v) is 26.1. The standard InChI is InChI=1S/C14H30.C13H28.C2H6O.C2H6.CH5NO/c1-3-5-7-9-11-13-14-12-10-8-6-4-2;1-3-5-7-9-11-13-12-10-8-6-4-2;1-2-3;1-2;2-1-3/h3-14H2,1-2H3;3-13H2,1-2H3;3H,2H2,1H3;1-2H3;3H,1-2H2. The molecule has 0 aromatic heterocycles. The van der Waals surface area contributed by atoms with E-state index in [1.54, 1.807) is 6.92 Å². The Labute approximate surface area is 225 Å². The normalized spacial score (nSPS) is 9.43. The van der Waals surface area contributed by atoms with Gasteiger partial charge < -0.3 is 15.9 Å². The minimum Gasteiger partial charge on any atom is -0.397 e. The SMILES string of the molecule is CC.CCCCCCCCCCCCC.CCCCCCCCCCCCCC.CCO.NCO. The third-order valence-corrected chi connectivity index (χ3v) is 5.66. The molecule has 0 rings (SSSR count). The Bertz CT molecular complexity index is 226. The van der Waals surface area contributed by atoms with Gasteiger partial charge in [-0.15, -0.1) is 0 Å². The number of aliphatic hydroxyl groups is 2. The Morgan fingerprint density at radius 2 is 0.429 bits per heavy atom. The molecule has 0 atom stereocenters. The van der Waals surface area contributed by atoms with E-state index in [0.29, 0.717) is 0 Å². The van der Waals surface area contributed by atoms with Gasteiger partial charge in [-0.3, -0.25) is 0 Å². The highest BCUT2D eigenvalue weighted by Crippen LogP contribution is 2.12. The van der Waals surface area contributed by atoms with Gasteiger partial charge in [0.15, 0.2) is 0 Å². The number of hydrogen-bond donors (Lipinski definition) is 3. The number of unbranched alkanes of at least 4 members (excludes halogenated alkanes) is 21. The van der Waals surface area contributed by atoms with Crippen molar-refractivity contribution in [3.8, 4) is 0 Å². The van der Waals surface area contributed by atoms with Crippen LogP contribution in [0.15, 0.2) is 0 Å². The van der Waals surface area contributed by atoms with Crippen molar-refractivity contribution in [1.29, 1.82) is 0 Å². The van der Waals surface area contributed by atoms with Gasteiger partial charge in [-0.1, -0.05) is 189 Å². The van der Waals surface area contributed by atoms with Gasteiger partial charge in [-0.2, -0.15) is 0 Å². The molecule has 0 bridgehead atoms. The Balaban J connectivity index is -0.000000132. The first kappa shape index (κ1) is 44.8. The van der Waals surface area contributed by atoms with E-state index >= 15 is 0 Å². The molecule has 0 radical (unpaired) electrons. The van der Waals surface area contributed by atoms with Crippen molar-refractivity contribution in [2.24, 2.45) is 5.73 Å². The van der Waals surface area contributed by atoms with Crippen LogP contribution in [0.3, 0.4) is 0 Å². The smallest absolute Gasteiger partial charge is 0.0906 e. The largest absolute Gasteiger partial charge is 0.397 e. The van der Waals surface area contributed by atoms with Crippen LogP contribution in [0.4, 0.5) is 0 Å². The predicted octanol–water partition coefficient (Wildman–Crippen LogP) is 10.9. The summed E-state index contributed by atoms with van der Waals surface area (Å²) < 4.78 is 0. The van der Waals surface area contributed by atoms with Crippen LogP contribution in [0.1, 0.15) is 196 Å². The highest BCUT2D eigenvalue weighted by molar-refractivity contribution is 4.48. The Kier molecular flexibility index (Phi) is 75.8. The molecular weight excluding hydrogens is 430 g/mol. The van der Waals surface area contributed by atoms with Gasteiger partial charge >= 0.3 is 0 Å². The van der Waals surface area contributed by atoms with Gasteiger partial charge in [0.05, 0.1) is 6.73 Å². The lowest BCUT2D eigenvalue weighted by atomic mass is 10.1. The summed E-state index contributed by atoms with van der Waals surface area (Å²) in [5.41, 5.74) is 4.40. The second-order valence-corrected chi connectivity index (χ2v) is 9.22. The van der Waals surface area contributed by atoms with Crippen molar-refractivity contribution in [3.05, 3.63) is 0 Å². The quantitative estimate of drug-likeness (QED) is 0.107. The van der Waals surface area contributed by atoms with Crippen LogP contribution < -0.4 is 5.73 Å². The lowest BCUT2D eigenvalue weighted by molar-refractivity contribution is 0.307. The second-order valence-electron chi connectivity index (χ2n) is 9.22. The fourth-order valence-corrected chi connectivity index (χ4v) is 3.65. The van der Waals surface area contributed by atoms with E-state index in [0.717, 1.165) is 0 Å². The Morgan fingerprint density at radius 1 is 0.343 bits per heavy atom. The van der Waals surface area contributed by atoms with Gasteiger partial charge in [-0.05, 0) is 6.92 Å². The summed E-state index contributed by atoms with van der Waals surface area (Å²) >= 11 is 0. The molecule has 0 saturated carbocycles. The summed E-state index contributed by atoms with van der Waals surface area (Å²) in [4.78, 5) is 0. The fraction of sp³-hybridized carbons (Fsp3) is 1.00. The van der Waals surface area contributed by atoms with E-state index in [1.165, 1.54) is 148 Å². The minimum absolute atomic E-state index is 0.250. The van der Waals surface area contributed by atoms with Gasteiger partial charge in [0, 0.05) is 6.61 Å². The van der Waals surface area contributed by atoms with Crippen molar-refractivity contribution < 1.29 is 10.2 Å². The van der Waals surface area contributed by atoms with E-state index in [2.05, 4.69) is 33.4 Å². The topological polar surface area (TPSA) is 66.5 Å². The molecule has 0 aromatic rings. The lowest BCUT2D eigenvalue weighted by Gasteiger charge is -2.01. The molecule has 220 valence electrons. The van der Waals surface area contributed by atoms with Crippen molar-refractivity contribution in [2.75, 3.05) is 13.3 Å². The van der Waals surface area contributed by atoms with Crippen LogP contribution in [0.2, 0.25) is 0 Å². The number of rotatable bonds is 21. The summed E-state index contributed by atoms with van der Waals surface area (Å²) in [6.45, 7) is 14.8. The maximum Gasteiger partial charge on any atom is 0.0906 e. The first-order chi connectivity index (χ1) is 17.2. The molecule has 0 aromatic carbocycles. The van der Waals surface area contributed by atoms with Crippen LogP contribution in [0.25, 0.3) is 0 Å². The third-order valence-electron chi connectivity index (χ3n) is 5.66. The molecule has 0 amide bonds. The number of hydrogen-bond acceptors (Lipinski definition) is 3. The van der Waals surface area contributed by atoms with Gasteiger partial charge in [0.2, 0.25) is 0 Å². The molecular formula is C32H75NO2. The maximum atomic E-state index is 7.57. The molecule has 0 aliphatic rings. The van der Waals surface area contributed by atoms with Crippen LogP contribution in [0, 0.1) is 0 Å². The maximum absolute atomic E-state index is 7.57. The zero-order valence-electron chi connectivity index (χ0n) is 26.1. The Morgan fingerprint density at radius 3 is 0.514 bits per heavy atom. The highest BCUT2D eigenvalue weighted by Gasteiger charge is 1.92. The van der Waals surface area contributed by atoms with E-state index in [4.69, 9.17) is 10.2 Å². The van der Waals surface area contributed by atoms with Crippen molar-refractivity contribution >= 4 is 0 Å². The first-order valence-corrected chi connectivity index (χ1v) is 16.1. The summed E-state index contributed by atoms with van der Waals surface area (Å²) in [6.07, 6.45) is 33.4. The summed E-state index contributed by atoms with van der Waals surface area (Å²) in [6, 6.07) is 0. The molecule has 4 N–H and O–H groups in total. The molecule has 0 aliphatic carbocycles. The van der Waals surface area contributed by atoms with Gasteiger partial charge in [0.25, 0.3) is 0 Å². The van der Waals surface area contributed by atoms with Crippen LogP contribution >= 0.6 is 0 Å². The van der Waals surface area contributed by atoms with Crippen molar-refractivity contribution in [1.82, 2.24) is 0 Å². The average Bonchev–Trinajstić information content (AvgIpc) is 2.87. The molecule has 3 nitrogen and oxygen atoms in total. The zero-order chi connectivity index (χ0) is 27.7. The van der Waals surface area contributed by atoms with E-state index in [9.17, 15) is 0 Å². The van der Waals surface area contributed by atoms with Crippen molar-refractivity contribution in [3.63, 3.8) is 0 Å². The summed E-state index contributed by atoms with van der Waals surface area (Å²) in [5.74, 6) is 0. The highest BCUT2D eigenvalue weighted by atomic mass is 16.3. The van der Waals surface area contributed by atoms with E-state index < -0.39 is 0 Å². The molecule has 3 heteroatoms. The number of nitrogens with two attached hydrogens (primary N) is 1. The van der Waals surface area contributed by atoms with Crippen molar-refractivity contribution in [2.45, 2.75) is 196 Å². The molecule has 0 fully saturated rings. The molecule has 35 heavy (non-hydrogen) atoms. The molecule has 0 aliphatic heterocycles. The molecule has 0 heterocycles. The molecule has 0 saturated heterocycles. The van der Waals surface area contributed by atoms with Crippen LogP contribution in [-0.4, -0.2) is 23.6 Å². The fourth-order valence-electron chi connectivity index (χ4n) is 3.65. The summed E-state index contributed by atoms with van der Waals surface area (Å²) in [5, 5.41) is 14.9. The lowest BCUT2D eigenvalue weighted by Crippen LogP contribution is -1.92. The Hall–Kier alpha value is -0.120. The minimum atomic E-state index is -0.250. The van der Waals surface area contributed by atoms with Gasteiger partial charge in [-0.25, -0.2) is 0 Å². The van der Waals surface area contributed by atoms with Crippen LogP contribution in [-0.2, 0) is 0 Å². The average molecular weight is 506 g/mol. The number of aliphatic hydroxyl groups excluding tert-OH is 2. The summed E-state index contributed by atoms with van der Waals surface area (Å²) in [7, 11) is 0. The third kappa shape index (κ3) is 79.0. The second kappa shape index (κ2) is 59.2. The molecule has 0 unspecified atom stereocenters. The molecule has 0 spiro atoms. The predicted molar refractivity (Wildman–Crippen MR) is 164 cm³/mol.